The lowest BCUT2D eigenvalue weighted by Gasteiger charge is -2.32. The first-order valence-electron chi connectivity index (χ1n) is 12.5. The third kappa shape index (κ3) is 6.52. The van der Waals surface area contributed by atoms with Crippen LogP contribution in [-0.2, 0) is 6.18 Å². The SMILES string of the molecule is CC(C)=C1Oc2cccc(OCCCCN3CCC(NC(=O)c4ccc(C(F)(F)F)cc4)CC3)c2C1=O. The number of unbranched alkanes of at least 4 members (excludes halogenated alkanes) is 1. The number of hydrogen-bond donors (Lipinski definition) is 1. The van der Waals surface area contributed by atoms with Crippen LogP contribution in [0.5, 0.6) is 11.5 Å². The van der Waals surface area contributed by atoms with Crippen molar-refractivity contribution in [2.45, 2.75) is 51.7 Å². The van der Waals surface area contributed by atoms with Gasteiger partial charge < -0.3 is 19.7 Å². The zero-order chi connectivity index (χ0) is 26.6. The molecule has 1 saturated heterocycles. The topological polar surface area (TPSA) is 67.9 Å². The Hall–Kier alpha value is -3.33. The number of hydrogen-bond acceptors (Lipinski definition) is 5. The Labute approximate surface area is 214 Å². The van der Waals surface area contributed by atoms with E-state index in [2.05, 4.69) is 10.2 Å². The Bertz CT molecular complexity index is 1160. The van der Waals surface area contributed by atoms with E-state index in [-0.39, 0.29) is 23.3 Å². The van der Waals surface area contributed by atoms with Gasteiger partial charge in [0.15, 0.2) is 5.76 Å². The maximum Gasteiger partial charge on any atom is 0.416 e. The van der Waals surface area contributed by atoms with Gasteiger partial charge in [0.05, 0.1) is 12.2 Å². The summed E-state index contributed by atoms with van der Waals surface area (Å²) in [6, 6.07) is 9.65. The highest BCUT2D eigenvalue weighted by Crippen LogP contribution is 2.38. The van der Waals surface area contributed by atoms with Gasteiger partial charge in [-0.15, -0.1) is 0 Å². The van der Waals surface area contributed by atoms with Gasteiger partial charge in [-0.3, -0.25) is 9.59 Å². The minimum Gasteiger partial charge on any atom is -0.493 e. The van der Waals surface area contributed by atoms with Crippen molar-refractivity contribution in [3.63, 3.8) is 0 Å². The number of ketones is 1. The van der Waals surface area contributed by atoms with Gasteiger partial charge in [-0.05, 0) is 88.0 Å². The number of rotatable bonds is 8. The van der Waals surface area contributed by atoms with Crippen molar-refractivity contribution < 1.29 is 32.2 Å². The second-order valence-corrected chi connectivity index (χ2v) is 9.61. The molecule has 0 saturated carbocycles. The maximum atomic E-state index is 12.7. The summed E-state index contributed by atoms with van der Waals surface area (Å²) in [6.45, 7) is 6.75. The summed E-state index contributed by atoms with van der Waals surface area (Å²) < 4.78 is 49.7. The minimum absolute atomic E-state index is 0.00000530. The molecule has 0 bridgehead atoms. The highest BCUT2D eigenvalue weighted by Gasteiger charge is 2.32. The molecule has 2 aromatic carbocycles. The van der Waals surface area contributed by atoms with Crippen LogP contribution in [0.2, 0.25) is 0 Å². The summed E-state index contributed by atoms with van der Waals surface area (Å²) in [5.74, 6) is 0.955. The van der Waals surface area contributed by atoms with E-state index in [1.165, 1.54) is 12.1 Å². The molecule has 198 valence electrons. The number of allylic oxidation sites excluding steroid dienone is 2. The minimum atomic E-state index is -4.42. The van der Waals surface area contributed by atoms with E-state index in [1.807, 2.05) is 19.9 Å². The Morgan fingerprint density at radius 1 is 1.08 bits per heavy atom. The predicted molar refractivity (Wildman–Crippen MR) is 133 cm³/mol. The molecule has 1 fully saturated rings. The van der Waals surface area contributed by atoms with Crippen molar-refractivity contribution in [2.24, 2.45) is 0 Å². The van der Waals surface area contributed by atoms with Crippen LogP contribution >= 0.6 is 0 Å². The number of nitrogens with zero attached hydrogens (tertiary/aromatic N) is 1. The van der Waals surface area contributed by atoms with Gasteiger partial charge in [0.25, 0.3) is 5.91 Å². The number of halogens is 3. The number of likely N-dealkylation sites (tertiary alicyclic amines) is 1. The standard InChI is InChI=1S/C28H31F3N2O4/c1-18(2)26-25(34)24-22(6-5-7-23(24)37-26)36-17-4-3-14-33-15-12-21(13-16-33)32-27(35)19-8-10-20(11-9-19)28(29,30)31/h5-11,21H,3-4,12-17H2,1-2H3,(H,32,35). The molecule has 0 radical (unpaired) electrons. The van der Waals surface area contributed by atoms with Crippen molar-refractivity contribution in [1.29, 1.82) is 0 Å². The summed E-state index contributed by atoms with van der Waals surface area (Å²) in [5.41, 5.74) is 0.773. The summed E-state index contributed by atoms with van der Waals surface area (Å²) in [7, 11) is 0. The number of ether oxygens (including phenoxy) is 2. The molecule has 6 nitrogen and oxygen atoms in total. The van der Waals surface area contributed by atoms with E-state index in [9.17, 15) is 22.8 Å². The van der Waals surface area contributed by atoms with Gasteiger partial charge in [0.1, 0.15) is 17.1 Å². The molecule has 0 atom stereocenters. The molecule has 2 aliphatic rings. The van der Waals surface area contributed by atoms with Crippen LogP contribution in [0, 0.1) is 0 Å². The fourth-order valence-electron chi connectivity index (χ4n) is 4.54. The van der Waals surface area contributed by atoms with Crippen molar-refractivity contribution >= 4 is 11.7 Å². The molecule has 4 rings (SSSR count). The highest BCUT2D eigenvalue weighted by atomic mass is 19.4. The average molecular weight is 517 g/mol. The number of benzene rings is 2. The van der Waals surface area contributed by atoms with Crippen LogP contribution in [0.25, 0.3) is 0 Å². The molecule has 0 unspecified atom stereocenters. The highest BCUT2D eigenvalue weighted by molar-refractivity contribution is 6.14. The molecule has 9 heteroatoms. The van der Waals surface area contributed by atoms with Gasteiger partial charge >= 0.3 is 6.18 Å². The molecule has 2 aliphatic heterocycles. The van der Waals surface area contributed by atoms with Crippen molar-refractivity contribution in [2.75, 3.05) is 26.2 Å². The van der Waals surface area contributed by atoms with Crippen LogP contribution < -0.4 is 14.8 Å². The van der Waals surface area contributed by atoms with Gasteiger partial charge in [-0.25, -0.2) is 0 Å². The lowest BCUT2D eigenvalue weighted by Crippen LogP contribution is -2.44. The second-order valence-electron chi connectivity index (χ2n) is 9.61. The van der Waals surface area contributed by atoms with Crippen molar-refractivity contribution in [3.05, 3.63) is 70.5 Å². The molecule has 1 amide bonds. The van der Waals surface area contributed by atoms with Crippen LogP contribution in [0.1, 0.15) is 65.8 Å². The summed E-state index contributed by atoms with van der Waals surface area (Å²) in [6.07, 6.45) is -1.08. The number of piperidine rings is 1. The van der Waals surface area contributed by atoms with E-state index in [0.29, 0.717) is 29.4 Å². The molecule has 2 aromatic rings. The van der Waals surface area contributed by atoms with Gasteiger partial charge in [0, 0.05) is 24.7 Å². The molecular weight excluding hydrogens is 485 g/mol. The maximum absolute atomic E-state index is 12.7. The quantitative estimate of drug-likeness (QED) is 0.364. The monoisotopic (exact) mass is 516 g/mol. The van der Waals surface area contributed by atoms with Crippen LogP contribution in [0.15, 0.2) is 53.8 Å². The summed E-state index contributed by atoms with van der Waals surface area (Å²) in [5, 5.41) is 2.93. The summed E-state index contributed by atoms with van der Waals surface area (Å²) >= 11 is 0. The lowest BCUT2D eigenvalue weighted by atomic mass is 10.0. The number of carbonyl (C=O) groups excluding carboxylic acids is 2. The Kier molecular flexibility index (Phi) is 8.22. The third-order valence-electron chi connectivity index (χ3n) is 6.61. The van der Waals surface area contributed by atoms with E-state index in [1.54, 1.807) is 12.1 Å². The van der Waals surface area contributed by atoms with E-state index in [0.717, 1.165) is 63.0 Å². The average Bonchev–Trinajstić information content (AvgIpc) is 3.22. The van der Waals surface area contributed by atoms with E-state index < -0.39 is 11.7 Å². The number of carbonyl (C=O) groups is 2. The first-order valence-corrected chi connectivity index (χ1v) is 12.5. The number of nitrogens with one attached hydrogen (secondary N) is 1. The number of Topliss-reactive ketones (excluding diaryl/α,β-unsaturated/α-hetero) is 1. The summed E-state index contributed by atoms with van der Waals surface area (Å²) in [4.78, 5) is 27.4. The fraction of sp³-hybridized carbons (Fsp3) is 0.429. The zero-order valence-corrected chi connectivity index (χ0v) is 21.0. The first-order chi connectivity index (χ1) is 17.6. The first kappa shape index (κ1) is 26.7. The van der Waals surface area contributed by atoms with Crippen LogP contribution in [0.3, 0.4) is 0 Å². The molecular formula is C28H31F3N2O4. The lowest BCUT2D eigenvalue weighted by molar-refractivity contribution is -0.137. The molecule has 37 heavy (non-hydrogen) atoms. The van der Waals surface area contributed by atoms with Crippen molar-refractivity contribution in [1.82, 2.24) is 10.2 Å². The van der Waals surface area contributed by atoms with Crippen molar-refractivity contribution in [3.8, 4) is 11.5 Å². The molecule has 0 spiro atoms. The zero-order valence-electron chi connectivity index (χ0n) is 21.0. The van der Waals surface area contributed by atoms with Crippen LogP contribution in [-0.4, -0.2) is 48.9 Å². The molecule has 0 aliphatic carbocycles. The smallest absolute Gasteiger partial charge is 0.416 e. The molecule has 0 aromatic heterocycles. The number of fused-ring (bicyclic) bond motifs is 1. The molecule has 2 heterocycles. The Morgan fingerprint density at radius 2 is 1.78 bits per heavy atom. The largest absolute Gasteiger partial charge is 0.493 e. The van der Waals surface area contributed by atoms with Gasteiger partial charge in [0.2, 0.25) is 5.78 Å². The van der Waals surface area contributed by atoms with Crippen LogP contribution in [0.4, 0.5) is 13.2 Å². The second kappa shape index (κ2) is 11.4. The normalized spacial score (nSPS) is 16.4. The van der Waals surface area contributed by atoms with E-state index >= 15 is 0 Å². The molecule has 1 N–H and O–H groups in total. The Balaban J connectivity index is 1.15. The Morgan fingerprint density at radius 3 is 2.43 bits per heavy atom. The number of amides is 1. The predicted octanol–water partition coefficient (Wildman–Crippen LogP) is 5.63. The number of alkyl halides is 3. The third-order valence-corrected chi connectivity index (χ3v) is 6.61. The van der Waals surface area contributed by atoms with Gasteiger partial charge in [-0.2, -0.15) is 13.2 Å². The van der Waals surface area contributed by atoms with Gasteiger partial charge in [-0.1, -0.05) is 6.07 Å². The fourth-order valence-corrected chi connectivity index (χ4v) is 4.54. The van der Waals surface area contributed by atoms with E-state index in [4.69, 9.17) is 9.47 Å².